The molecular weight excluding hydrogens is 202 g/mol. The van der Waals surface area contributed by atoms with E-state index in [4.69, 9.17) is 23.1 Å². The number of hydrogen-bond acceptors (Lipinski definition) is 1. The monoisotopic (exact) mass is 209 g/mol. The first kappa shape index (κ1) is 10.4. The summed E-state index contributed by atoms with van der Waals surface area (Å²) in [5.41, 5.74) is 1.69. The van der Waals surface area contributed by atoms with Gasteiger partial charge in [0, 0.05) is 16.3 Å². The van der Waals surface area contributed by atoms with Crippen LogP contribution < -0.4 is 5.32 Å². The third-order valence-electron chi connectivity index (χ3n) is 1.77. The Morgan fingerprint density at radius 3 is 2.79 bits per heavy atom. The second-order valence-electron chi connectivity index (χ2n) is 2.70. The Bertz CT molecular complexity index is 421. The normalized spacial score (nSPS) is 9.21. The van der Waals surface area contributed by atoms with Crippen molar-refractivity contribution >= 4 is 23.4 Å². The number of terminal acetylenes is 1. The Labute approximate surface area is 86.7 Å². The average molecular weight is 210 g/mol. The molecule has 4 heteroatoms. The first-order valence-electron chi connectivity index (χ1n) is 3.81. The zero-order valence-electron chi connectivity index (χ0n) is 7.47. The molecule has 0 unspecified atom stereocenters. The highest BCUT2D eigenvalue weighted by Gasteiger charge is 2.06. The van der Waals surface area contributed by atoms with Crippen molar-refractivity contribution in [2.45, 2.75) is 6.92 Å². The van der Waals surface area contributed by atoms with Crippen LogP contribution >= 0.6 is 11.6 Å². The SMILES string of the molecule is C#Cc1cc(Cl)cc(NC(=O)O)c1C. The quantitative estimate of drug-likeness (QED) is 0.699. The minimum Gasteiger partial charge on any atom is -0.465 e. The molecule has 0 aliphatic heterocycles. The molecule has 72 valence electrons. The van der Waals surface area contributed by atoms with Gasteiger partial charge in [0.15, 0.2) is 0 Å². The van der Waals surface area contributed by atoms with Gasteiger partial charge in [0.2, 0.25) is 0 Å². The van der Waals surface area contributed by atoms with E-state index < -0.39 is 6.09 Å². The first-order valence-corrected chi connectivity index (χ1v) is 4.19. The van der Waals surface area contributed by atoms with Crippen molar-refractivity contribution in [2.75, 3.05) is 5.32 Å². The molecule has 0 fully saturated rings. The number of hydrogen-bond donors (Lipinski definition) is 2. The molecule has 0 atom stereocenters. The second-order valence-corrected chi connectivity index (χ2v) is 3.14. The van der Waals surface area contributed by atoms with E-state index in [2.05, 4.69) is 11.2 Å². The molecule has 3 nitrogen and oxygen atoms in total. The summed E-state index contributed by atoms with van der Waals surface area (Å²) in [5, 5.41) is 11.2. The second kappa shape index (κ2) is 4.03. The Hall–Kier alpha value is -1.66. The molecule has 0 bridgehead atoms. The smallest absolute Gasteiger partial charge is 0.409 e. The fourth-order valence-corrected chi connectivity index (χ4v) is 1.29. The van der Waals surface area contributed by atoms with Crippen molar-refractivity contribution in [1.82, 2.24) is 0 Å². The van der Waals surface area contributed by atoms with Gasteiger partial charge in [-0.3, -0.25) is 5.32 Å². The van der Waals surface area contributed by atoms with E-state index in [1.807, 2.05) is 0 Å². The lowest BCUT2D eigenvalue weighted by atomic mass is 10.1. The lowest BCUT2D eigenvalue weighted by molar-refractivity contribution is 0.209. The van der Waals surface area contributed by atoms with Crippen LogP contribution in [0.5, 0.6) is 0 Å². The minimum absolute atomic E-state index is 0.410. The molecule has 0 aliphatic rings. The van der Waals surface area contributed by atoms with E-state index in [0.717, 1.165) is 0 Å². The van der Waals surface area contributed by atoms with E-state index in [0.29, 0.717) is 21.8 Å². The first-order chi connectivity index (χ1) is 6.54. The number of anilines is 1. The van der Waals surface area contributed by atoms with Crippen LogP contribution in [-0.4, -0.2) is 11.2 Å². The number of halogens is 1. The number of rotatable bonds is 1. The third-order valence-corrected chi connectivity index (χ3v) is 1.99. The third kappa shape index (κ3) is 2.18. The number of carboxylic acid groups (broad SMARTS) is 1. The molecule has 0 aliphatic carbocycles. The molecule has 0 heterocycles. The van der Waals surface area contributed by atoms with Crippen molar-refractivity contribution in [1.29, 1.82) is 0 Å². The maximum Gasteiger partial charge on any atom is 0.409 e. The standard InChI is InChI=1S/C10H8ClNO2/c1-3-7-4-8(11)5-9(6(7)2)12-10(13)14/h1,4-5,12H,2H3,(H,13,14). The molecule has 1 aromatic rings. The molecule has 14 heavy (non-hydrogen) atoms. The number of benzene rings is 1. The fourth-order valence-electron chi connectivity index (χ4n) is 1.07. The summed E-state index contributed by atoms with van der Waals surface area (Å²) < 4.78 is 0. The predicted octanol–water partition coefficient (Wildman–Crippen LogP) is 2.72. The van der Waals surface area contributed by atoms with Crippen molar-refractivity contribution < 1.29 is 9.90 Å². The molecule has 2 N–H and O–H groups in total. The predicted molar refractivity (Wildman–Crippen MR) is 55.8 cm³/mol. The molecular formula is C10H8ClNO2. The molecule has 0 aromatic heterocycles. The maximum absolute atomic E-state index is 10.4. The van der Waals surface area contributed by atoms with Crippen LogP contribution in [0.15, 0.2) is 12.1 Å². The average Bonchev–Trinajstić information content (AvgIpc) is 2.09. The van der Waals surface area contributed by atoms with Crippen LogP contribution in [0.25, 0.3) is 0 Å². The maximum atomic E-state index is 10.4. The number of carbonyl (C=O) groups is 1. The molecule has 1 rings (SSSR count). The number of amides is 1. The molecule has 0 radical (unpaired) electrons. The van der Waals surface area contributed by atoms with Crippen molar-refractivity contribution in [3.8, 4) is 12.3 Å². The molecule has 0 spiro atoms. The summed E-state index contributed by atoms with van der Waals surface area (Å²) >= 11 is 5.76. The van der Waals surface area contributed by atoms with Gasteiger partial charge in [0.1, 0.15) is 0 Å². The van der Waals surface area contributed by atoms with E-state index in [-0.39, 0.29) is 0 Å². The Morgan fingerprint density at radius 2 is 2.29 bits per heavy atom. The van der Waals surface area contributed by atoms with Gasteiger partial charge >= 0.3 is 6.09 Å². The minimum atomic E-state index is -1.14. The lowest BCUT2D eigenvalue weighted by Crippen LogP contribution is -2.09. The summed E-state index contributed by atoms with van der Waals surface area (Å²) in [5.74, 6) is 2.43. The number of nitrogens with one attached hydrogen (secondary N) is 1. The summed E-state index contributed by atoms with van der Waals surface area (Å²) in [7, 11) is 0. The van der Waals surface area contributed by atoms with Crippen LogP contribution in [0, 0.1) is 19.3 Å². The van der Waals surface area contributed by atoms with Crippen molar-refractivity contribution in [3.05, 3.63) is 28.3 Å². The van der Waals surface area contributed by atoms with Crippen LogP contribution in [-0.2, 0) is 0 Å². The summed E-state index contributed by atoms with van der Waals surface area (Å²) in [4.78, 5) is 10.4. The van der Waals surface area contributed by atoms with E-state index in [1.165, 1.54) is 6.07 Å². The summed E-state index contributed by atoms with van der Waals surface area (Å²) in [6.45, 7) is 1.73. The van der Waals surface area contributed by atoms with E-state index >= 15 is 0 Å². The van der Waals surface area contributed by atoms with Crippen LogP contribution in [0.3, 0.4) is 0 Å². The molecule has 1 aromatic carbocycles. The zero-order valence-corrected chi connectivity index (χ0v) is 8.22. The van der Waals surface area contributed by atoms with Gasteiger partial charge in [-0.05, 0) is 24.6 Å². The van der Waals surface area contributed by atoms with Gasteiger partial charge in [-0.2, -0.15) is 0 Å². The van der Waals surface area contributed by atoms with Crippen LogP contribution in [0.4, 0.5) is 10.5 Å². The highest BCUT2D eigenvalue weighted by atomic mass is 35.5. The topological polar surface area (TPSA) is 49.3 Å². The van der Waals surface area contributed by atoms with Crippen molar-refractivity contribution in [2.24, 2.45) is 0 Å². The molecule has 1 amide bonds. The Kier molecular flexibility index (Phi) is 3.00. The summed E-state index contributed by atoms with van der Waals surface area (Å²) in [6.07, 6.45) is 4.09. The van der Waals surface area contributed by atoms with Gasteiger partial charge in [0.05, 0.1) is 0 Å². The highest BCUT2D eigenvalue weighted by Crippen LogP contribution is 2.24. The molecule has 0 saturated carbocycles. The Balaban J connectivity index is 3.23. The van der Waals surface area contributed by atoms with E-state index in [1.54, 1.807) is 13.0 Å². The van der Waals surface area contributed by atoms with Crippen LogP contribution in [0.2, 0.25) is 5.02 Å². The van der Waals surface area contributed by atoms with Gasteiger partial charge in [-0.25, -0.2) is 4.79 Å². The highest BCUT2D eigenvalue weighted by molar-refractivity contribution is 6.31. The van der Waals surface area contributed by atoms with Crippen molar-refractivity contribution in [3.63, 3.8) is 0 Å². The van der Waals surface area contributed by atoms with Gasteiger partial charge in [0.25, 0.3) is 0 Å². The lowest BCUT2D eigenvalue weighted by Gasteiger charge is -2.07. The zero-order chi connectivity index (χ0) is 10.7. The fraction of sp³-hybridized carbons (Fsp3) is 0.100. The van der Waals surface area contributed by atoms with Gasteiger partial charge in [-0.15, -0.1) is 6.42 Å². The summed E-state index contributed by atoms with van der Waals surface area (Å²) in [6, 6.07) is 3.13. The van der Waals surface area contributed by atoms with Crippen LogP contribution in [0.1, 0.15) is 11.1 Å². The van der Waals surface area contributed by atoms with E-state index in [9.17, 15) is 4.79 Å². The molecule has 0 saturated heterocycles. The largest absolute Gasteiger partial charge is 0.465 e. The van der Waals surface area contributed by atoms with Gasteiger partial charge in [-0.1, -0.05) is 17.5 Å². The van der Waals surface area contributed by atoms with Gasteiger partial charge < -0.3 is 5.11 Å². The Morgan fingerprint density at radius 1 is 1.64 bits per heavy atom.